The van der Waals surface area contributed by atoms with Crippen LogP contribution < -0.4 is 0 Å². The molecule has 0 unspecified atom stereocenters. The molecule has 102 valence electrons. The van der Waals surface area contributed by atoms with Crippen molar-refractivity contribution in [2.45, 2.75) is 32.6 Å². The van der Waals surface area contributed by atoms with Crippen LogP contribution in [0.1, 0.15) is 38.2 Å². The van der Waals surface area contributed by atoms with E-state index in [1.807, 2.05) is 36.4 Å². The third-order valence-corrected chi connectivity index (χ3v) is 2.66. The van der Waals surface area contributed by atoms with Crippen LogP contribution in [0.4, 0.5) is 0 Å². The lowest BCUT2D eigenvalue weighted by atomic mass is 10.1. The molecule has 0 radical (unpaired) electrons. The molecule has 0 spiro atoms. The lowest BCUT2D eigenvalue weighted by Gasteiger charge is -2.00. The fourth-order valence-electron chi connectivity index (χ4n) is 1.59. The van der Waals surface area contributed by atoms with Crippen molar-refractivity contribution in [3.8, 4) is 0 Å². The molecule has 0 aliphatic heterocycles. The van der Waals surface area contributed by atoms with Crippen molar-refractivity contribution in [2.75, 3.05) is 6.61 Å². The van der Waals surface area contributed by atoms with E-state index in [9.17, 15) is 9.59 Å². The van der Waals surface area contributed by atoms with Crippen molar-refractivity contribution in [1.29, 1.82) is 0 Å². The molecule has 0 aliphatic rings. The predicted molar refractivity (Wildman–Crippen MR) is 75.6 cm³/mol. The normalized spacial score (nSPS) is 10.6. The molecule has 0 saturated carbocycles. The maximum Gasteiger partial charge on any atom is 0.374 e. The Hall–Kier alpha value is -1.90. The van der Waals surface area contributed by atoms with E-state index in [0.717, 1.165) is 24.8 Å². The van der Waals surface area contributed by atoms with Crippen molar-refractivity contribution in [3.05, 3.63) is 42.0 Å². The third kappa shape index (κ3) is 6.55. The molecule has 0 bridgehead atoms. The minimum absolute atomic E-state index is 0.132. The monoisotopic (exact) mass is 260 g/mol. The second-order valence-corrected chi connectivity index (χ2v) is 4.29. The van der Waals surface area contributed by atoms with Gasteiger partial charge in [0.2, 0.25) is 5.78 Å². The Balaban J connectivity index is 2.23. The number of Topliss-reactive ketones (excluding diaryl/α,β-unsaturated/α-hetero) is 1. The number of ether oxygens (including phenoxy) is 1. The Kier molecular flexibility index (Phi) is 7.25. The highest BCUT2D eigenvalue weighted by molar-refractivity contribution is 6.33. The zero-order valence-electron chi connectivity index (χ0n) is 11.3. The number of hydrogen-bond donors (Lipinski definition) is 0. The third-order valence-electron chi connectivity index (χ3n) is 2.66. The van der Waals surface area contributed by atoms with Crippen LogP contribution in [0.5, 0.6) is 0 Å². The zero-order valence-corrected chi connectivity index (χ0v) is 11.3. The van der Waals surface area contributed by atoms with Crippen LogP contribution in [0.3, 0.4) is 0 Å². The molecular weight excluding hydrogens is 240 g/mol. The molecule has 0 saturated heterocycles. The average molecular weight is 260 g/mol. The van der Waals surface area contributed by atoms with Crippen LogP contribution in [-0.2, 0) is 14.3 Å². The van der Waals surface area contributed by atoms with Gasteiger partial charge in [-0.1, -0.05) is 56.2 Å². The molecule has 3 nitrogen and oxygen atoms in total. The number of hydrogen-bond acceptors (Lipinski definition) is 3. The first-order valence-electron chi connectivity index (χ1n) is 6.65. The van der Waals surface area contributed by atoms with Crippen LogP contribution in [0.15, 0.2) is 36.4 Å². The van der Waals surface area contributed by atoms with Crippen molar-refractivity contribution in [1.82, 2.24) is 0 Å². The average Bonchev–Trinajstić information content (AvgIpc) is 2.44. The molecule has 0 aromatic heterocycles. The van der Waals surface area contributed by atoms with Gasteiger partial charge in [0.05, 0.1) is 0 Å². The smallest absolute Gasteiger partial charge is 0.374 e. The highest BCUT2D eigenvalue weighted by Crippen LogP contribution is 2.02. The Labute approximate surface area is 114 Å². The van der Waals surface area contributed by atoms with E-state index < -0.39 is 11.8 Å². The zero-order chi connectivity index (χ0) is 13.9. The number of carbonyl (C=O) groups excluding carboxylic acids is 2. The second-order valence-electron chi connectivity index (χ2n) is 4.29. The standard InChI is InChI=1S/C16H20O3/c1-2-3-5-12-15(17)16(18)19-13-8-11-14-9-6-4-7-10-14/h4,6-11H,2-3,5,12-13H2,1H3. The largest absolute Gasteiger partial charge is 0.456 e. The molecule has 0 fully saturated rings. The summed E-state index contributed by atoms with van der Waals surface area (Å²) < 4.78 is 4.88. The molecule has 1 rings (SSSR count). The van der Waals surface area contributed by atoms with E-state index >= 15 is 0 Å². The summed E-state index contributed by atoms with van der Waals surface area (Å²) in [6.07, 6.45) is 6.62. The van der Waals surface area contributed by atoms with Gasteiger partial charge >= 0.3 is 5.97 Å². The summed E-state index contributed by atoms with van der Waals surface area (Å²) in [5.41, 5.74) is 1.04. The van der Waals surface area contributed by atoms with Gasteiger partial charge in [0.25, 0.3) is 0 Å². The highest BCUT2D eigenvalue weighted by atomic mass is 16.5. The van der Waals surface area contributed by atoms with E-state index in [4.69, 9.17) is 4.74 Å². The molecule has 19 heavy (non-hydrogen) atoms. The number of carbonyl (C=O) groups is 2. The number of esters is 1. The van der Waals surface area contributed by atoms with E-state index in [0.29, 0.717) is 0 Å². The van der Waals surface area contributed by atoms with Crippen molar-refractivity contribution >= 4 is 17.8 Å². The number of ketones is 1. The number of benzene rings is 1. The molecule has 0 N–H and O–H groups in total. The van der Waals surface area contributed by atoms with Gasteiger partial charge in [-0.3, -0.25) is 4.79 Å². The van der Waals surface area contributed by atoms with Gasteiger partial charge in [0.15, 0.2) is 0 Å². The van der Waals surface area contributed by atoms with E-state index in [-0.39, 0.29) is 13.0 Å². The Morgan fingerprint density at radius 1 is 1.16 bits per heavy atom. The molecule has 0 heterocycles. The molecule has 3 heteroatoms. The quantitative estimate of drug-likeness (QED) is 0.409. The van der Waals surface area contributed by atoms with Gasteiger partial charge in [-0.15, -0.1) is 0 Å². The minimum atomic E-state index is -0.728. The molecule has 0 aliphatic carbocycles. The van der Waals surface area contributed by atoms with E-state index in [1.54, 1.807) is 6.08 Å². The molecule has 1 aromatic rings. The predicted octanol–water partition coefficient (Wildman–Crippen LogP) is 3.39. The Morgan fingerprint density at radius 3 is 2.58 bits per heavy atom. The summed E-state index contributed by atoms with van der Waals surface area (Å²) in [7, 11) is 0. The van der Waals surface area contributed by atoms with Crippen LogP contribution in [0.2, 0.25) is 0 Å². The first-order chi connectivity index (χ1) is 9.24. The van der Waals surface area contributed by atoms with E-state index in [1.165, 1.54) is 0 Å². The summed E-state index contributed by atoms with van der Waals surface area (Å²) in [6, 6.07) is 9.71. The lowest BCUT2D eigenvalue weighted by Crippen LogP contribution is -2.17. The van der Waals surface area contributed by atoms with Gasteiger partial charge in [-0.05, 0) is 18.1 Å². The maximum atomic E-state index is 11.4. The molecule has 1 aromatic carbocycles. The molecule has 0 atom stereocenters. The van der Waals surface area contributed by atoms with Crippen LogP contribution in [-0.4, -0.2) is 18.4 Å². The number of unbranched alkanes of at least 4 members (excludes halogenated alkanes) is 2. The molecule has 0 amide bonds. The number of rotatable bonds is 8. The van der Waals surface area contributed by atoms with Crippen LogP contribution >= 0.6 is 0 Å². The first kappa shape index (κ1) is 15.2. The second kappa shape index (κ2) is 9.09. The Bertz CT molecular complexity index is 421. The fourth-order valence-corrected chi connectivity index (χ4v) is 1.59. The van der Waals surface area contributed by atoms with Crippen molar-refractivity contribution in [2.24, 2.45) is 0 Å². The van der Waals surface area contributed by atoms with Gasteiger partial charge < -0.3 is 4.74 Å². The van der Waals surface area contributed by atoms with Crippen molar-refractivity contribution < 1.29 is 14.3 Å². The molecular formula is C16H20O3. The summed E-state index contributed by atoms with van der Waals surface area (Å²) in [5.74, 6) is -1.16. The SMILES string of the molecule is CCCCCC(=O)C(=O)OCC=Cc1ccccc1. The highest BCUT2D eigenvalue weighted by Gasteiger charge is 2.13. The van der Waals surface area contributed by atoms with E-state index in [2.05, 4.69) is 6.92 Å². The van der Waals surface area contributed by atoms with Gasteiger partial charge in [0.1, 0.15) is 6.61 Å². The maximum absolute atomic E-state index is 11.4. The first-order valence-corrected chi connectivity index (χ1v) is 6.65. The lowest BCUT2D eigenvalue weighted by molar-refractivity contribution is -0.153. The Morgan fingerprint density at radius 2 is 1.89 bits per heavy atom. The topological polar surface area (TPSA) is 43.4 Å². The van der Waals surface area contributed by atoms with Gasteiger partial charge in [-0.25, -0.2) is 4.79 Å². The van der Waals surface area contributed by atoms with Crippen LogP contribution in [0.25, 0.3) is 6.08 Å². The van der Waals surface area contributed by atoms with Crippen molar-refractivity contribution in [3.63, 3.8) is 0 Å². The van der Waals surface area contributed by atoms with Gasteiger partial charge in [0, 0.05) is 6.42 Å². The fraction of sp³-hybridized carbons (Fsp3) is 0.375. The summed E-state index contributed by atoms with van der Waals surface area (Å²) >= 11 is 0. The summed E-state index contributed by atoms with van der Waals surface area (Å²) in [4.78, 5) is 22.7. The summed E-state index contributed by atoms with van der Waals surface area (Å²) in [5, 5.41) is 0. The van der Waals surface area contributed by atoms with Crippen LogP contribution in [0, 0.1) is 0 Å². The minimum Gasteiger partial charge on any atom is -0.456 e. The van der Waals surface area contributed by atoms with Gasteiger partial charge in [-0.2, -0.15) is 0 Å². The summed E-state index contributed by atoms with van der Waals surface area (Å²) in [6.45, 7) is 2.18.